The topological polar surface area (TPSA) is 61.0 Å². The first-order valence-electron chi connectivity index (χ1n) is 6.18. The maximum Gasteiger partial charge on any atom is 0.136 e. The lowest BCUT2D eigenvalue weighted by molar-refractivity contribution is 0.303. The second-order valence-corrected chi connectivity index (χ2v) is 5.02. The molecule has 4 nitrogen and oxygen atoms in total. The molecule has 0 bridgehead atoms. The monoisotopic (exact) mass is 283 g/mol. The van der Waals surface area contributed by atoms with E-state index in [4.69, 9.17) is 10.5 Å². The van der Waals surface area contributed by atoms with Crippen LogP contribution in [0.4, 0.5) is 5.00 Å². The number of benzene rings is 2. The molecule has 100 valence electrons. The zero-order valence-corrected chi connectivity index (χ0v) is 11.5. The van der Waals surface area contributed by atoms with Crippen LogP contribution in [0.1, 0.15) is 5.69 Å². The Morgan fingerprint density at radius 3 is 2.50 bits per heavy atom. The minimum Gasteiger partial charge on any atom is -0.486 e. The van der Waals surface area contributed by atoms with Crippen LogP contribution in [0.5, 0.6) is 5.75 Å². The molecule has 0 spiro atoms. The quantitative estimate of drug-likeness (QED) is 0.797. The summed E-state index contributed by atoms with van der Waals surface area (Å²) in [5.74, 6) is 0.811. The van der Waals surface area contributed by atoms with Gasteiger partial charge >= 0.3 is 0 Å². The number of nitrogens with zero attached hydrogens (tertiary/aromatic N) is 2. The van der Waals surface area contributed by atoms with E-state index in [1.165, 1.54) is 11.5 Å². The van der Waals surface area contributed by atoms with E-state index < -0.39 is 0 Å². The highest BCUT2D eigenvalue weighted by Crippen LogP contribution is 2.30. The number of anilines is 1. The molecule has 0 atom stereocenters. The van der Waals surface area contributed by atoms with Crippen molar-refractivity contribution < 1.29 is 4.74 Å². The first-order valence-corrected chi connectivity index (χ1v) is 6.96. The van der Waals surface area contributed by atoms with Gasteiger partial charge in [0, 0.05) is 17.1 Å². The standard InChI is InChI=1S/C15H13N3OS/c16-15-13(17-18-20-15)10-19-14-9-5-4-8-12(14)11-6-2-1-3-7-11/h1-9H,10,16H2. The summed E-state index contributed by atoms with van der Waals surface area (Å²) in [6.07, 6.45) is 0. The Morgan fingerprint density at radius 1 is 1.00 bits per heavy atom. The summed E-state index contributed by atoms with van der Waals surface area (Å²) in [4.78, 5) is 0. The molecule has 3 aromatic rings. The highest BCUT2D eigenvalue weighted by molar-refractivity contribution is 7.09. The number of para-hydroxylation sites is 1. The molecule has 5 heteroatoms. The van der Waals surface area contributed by atoms with Crippen molar-refractivity contribution in [2.75, 3.05) is 5.73 Å². The number of rotatable bonds is 4. The van der Waals surface area contributed by atoms with Crippen LogP contribution in [0.25, 0.3) is 11.1 Å². The van der Waals surface area contributed by atoms with Crippen molar-refractivity contribution in [3.05, 3.63) is 60.3 Å². The first kappa shape index (κ1) is 12.6. The smallest absolute Gasteiger partial charge is 0.136 e. The van der Waals surface area contributed by atoms with Crippen molar-refractivity contribution in [3.8, 4) is 16.9 Å². The number of aromatic nitrogens is 2. The summed E-state index contributed by atoms with van der Waals surface area (Å²) in [7, 11) is 0. The molecule has 0 fully saturated rings. The van der Waals surface area contributed by atoms with Crippen molar-refractivity contribution in [2.45, 2.75) is 6.61 Å². The Bertz CT molecular complexity index is 697. The third-order valence-electron chi connectivity index (χ3n) is 2.92. The molecule has 2 aromatic carbocycles. The molecule has 0 unspecified atom stereocenters. The minimum absolute atomic E-state index is 0.326. The van der Waals surface area contributed by atoms with E-state index in [-0.39, 0.29) is 0 Å². The van der Waals surface area contributed by atoms with E-state index in [1.807, 2.05) is 42.5 Å². The largest absolute Gasteiger partial charge is 0.486 e. The predicted molar refractivity (Wildman–Crippen MR) is 80.5 cm³/mol. The van der Waals surface area contributed by atoms with Gasteiger partial charge in [0.2, 0.25) is 0 Å². The van der Waals surface area contributed by atoms with Gasteiger partial charge in [-0.25, -0.2) is 0 Å². The fraction of sp³-hybridized carbons (Fsp3) is 0.0667. The van der Waals surface area contributed by atoms with Crippen LogP contribution in [-0.2, 0) is 6.61 Å². The molecule has 0 radical (unpaired) electrons. The van der Waals surface area contributed by atoms with Crippen LogP contribution in [0.2, 0.25) is 0 Å². The van der Waals surface area contributed by atoms with Gasteiger partial charge in [0.1, 0.15) is 23.1 Å². The Labute approximate surface area is 121 Å². The molecular weight excluding hydrogens is 270 g/mol. The Morgan fingerprint density at radius 2 is 1.75 bits per heavy atom. The first-order chi connectivity index (χ1) is 9.84. The molecule has 1 heterocycles. The Balaban J connectivity index is 1.85. The summed E-state index contributed by atoms with van der Waals surface area (Å²) in [5.41, 5.74) is 8.61. The molecule has 0 saturated carbocycles. The predicted octanol–water partition coefficient (Wildman–Crippen LogP) is 3.37. The van der Waals surface area contributed by atoms with Gasteiger partial charge in [0.15, 0.2) is 0 Å². The molecule has 0 saturated heterocycles. The molecule has 0 aliphatic rings. The zero-order chi connectivity index (χ0) is 13.8. The van der Waals surface area contributed by atoms with E-state index in [0.29, 0.717) is 17.3 Å². The maximum absolute atomic E-state index is 5.84. The summed E-state index contributed by atoms with van der Waals surface area (Å²) in [5, 5.41) is 4.55. The van der Waals surface area contributed by atoms with Gasteiger partial charge in [-0.1, -0.05) is 53.0 Å². The molecule has 2 N–H and O–H groups in total. The highest BCUT2D eigenvalue weighted by atomic mass is 32.1. The SMILES string of the molecule is Nc1snnc1COc1ccccc1-c1ccccc1. The van der Waals surface area contributed by atoms with E-state index in [2.05, 4.69) is 21.7 Å². The minimum atomic E-state index is 0.326. The molecular formula is C15H13N3OS. The van der Waals surface area contributed by atoms with Gasteiger partial charge in [0.05, 0.1) is 0 Å². The number of hydrogen-bond acceptors (Lipinski definition) is 5. The third kappa shape index (κ3) is 2.62. The fourth-order valence-electron chi connectivity index (χ4n) is 1.91. The third-order valence-corrected chi connectivity index (χ3v) is 3.52. The fourth-order valence-corrected chi connectivity index (χ4v) is 2.34. The van der Waals surface area contributed by atoms with Crippen LogP contribution in [0.3, 0.4) is 0 Å². The summed E-state index contributed by atoms with van der Waals surface area (Å²) in [6.45, 7) is 0.326. The van der Waals surface area contributed by atoms with Crippen molar-refractivity contribution in [3.63, 3.8) is 0 Å². The van der Waals surface area contributed by atoms with Crippen LogP contribution >= 0.6 is 11.5 Å². The Kier molecular flexibility index (Phi) is 3.60. The summed E-state index contributed by atoms with van der Waals surface area (Å²) < 4.78 is 9.64. The van der Waals surface area contributed by atoms with Gasteiger partial charge in [-0.2, -0.15) is 0 Å². The molecule has 1 aromatic heterocycles. The summed E-state index contributed by atoms with van der Waals surface area (Å²) >= 11 is 1.18. The molecule has 0 aliphatic heterocycles. The number of nitrogens with two attached hydrogens (primary N) is 1. The average Bonchev–Trinajstić information content (AvgIpc) is 2.92. The lowest BCUT2D eigenvalue weighted by Crippen LogP contribution is -2.00. The number of hydrogen-bond donors (Lipinski definition) is 1. The normalized spacial score (nSPS) is 10.4. The van der Waals surface area contributed by atoms with E-state index in [9.17, 15) is 0 Å². The molecule has 0 aliphatic carbocycles. The van der Waals surface area contributed by atoms with Crippen molar-refractivity contribution in [1.82, 2.24) is 9.59 Å². The van der Waals surface area contributed by atoms with Crippen LogP contribution in [-0.4, -0.2) is 9.59 Å². The zero-order valence-electron chi connectivity index (χ0n) is 10.7. The second kappa shape index (κ2) is 5.71. The van der Waals surface area contributed by atoms with E-state index >= 15 is 0 Å². The van der Waals surface area contributed by atoms with Gasteiger partial charge in [-0.3, -0.25) is 0 Å². The van der Waals surface area contributed by atoms with Gasteiger partial charge < -0.3 is 10.5 Å². The van der Waals surface area contributed by atoms with Crippen LogP contribution in [0, 0.1) is 0 Å². The van der Waals surface area contributed by atoms with Crippen molar-refractivity contribution >= 4 is 16.5 Å². The lowest BCUT2D eigenvalue weighted by atomic mass is 10.1. The van der Waals surface area contributed by atoms with Gasteiger partial charge in [-0.15, -0.1) is 5.10 Å². The summed E-state index contributed by atoms with van der Waals surface area (Å²) in [6, 6.07) is 18.0. The van der Waals surface area contributed by atoms with E-state index in [0.717, 1.165) is 16.9 Å². The number of ether oxygens (including phenoxy) is 1. The van der Waals surface area contributed by atoms with E-state index in [1.54, 1.807) is 0 Å². The van der Waals surface area contributed by atoms with Gasteiger partial charge in [0.25, 0.3) is 0 Å². The molecule has 0 amide bonds. The van der Waals surface area contributed by atoms with Gasteiger partial charge in [-0.05, 0) is 11.6 Å². The molecule has 20 heavy (non-hydrogen) atoms. The van der Waals surface area contributed by atoms with Crippen LogP contribution in [0.15, 0.2) is 54.6 Å². The van der Waals surface area contributed by atoms with Crippen LogP contribution < -0.4 is 10.5 Å². The van der Waals surface area contributed by atoms with Crippen molar-refractivity contribution in [2.24, 2.45) is 0 Å². The highest BCUT2D eigenvalue weighted by Gasteiger charge is 2.08. The molecule has 3 rings (SSSR count). The van der Waals surface area contributed by atoms with Crippen molar-refractivity contribution in [1.29, 1.82) is 0 Å². The second-order valence-electron chi connectivity index (χ2n) is 4.23. The lowest BCUT2D eigenvalue weighted by Gasteiger charge is -2.10. The number of nitrogen functional groups attached to an aromatic ring is 1. The average molecular weight is 283 g/mol. The maximum atomic E-state index is 5.84. The Hall–Kier alpha value is -2.40.